The lowest BCUT2D eigenvalue weighted by molar-refractivity contribution is -0.135. The number of hydrogen-bond donors (Lipinski definition) is 1. The fraction of sp³-hybridized carbons (Fsp3) is 0.333. The molecule has 4 nitrogen and oxygen atoms in total. The summed E-state index contributed by atoms with van der Waals surface area (Å²) in [7, 11) is 0. The molecule has 0 atom stereocenters. The van der Waals surface area contributed by atoms with Crippen molar-refractivity contribution in [2.45, 2.75) is 13.3 Å². The van der Waals surface area contributed by atoms with Gasteiger partial charge in [-0.3, -0.25) is 4.79 Å². The molecular weight excluding hydrogens is 240 g/mol. The van der Waals surface area contributed by atoms with Gasteiger partial charge >= 0.3 is 5.97 Å². The predicted molar refractivity (Wildman–Crippen MR) is 66.3 cm³/mol. The highest BCUT2D eigenvalue weighted by atomic mass is 35.5. The van der Waals surface area contributed by atoms with Crippen molar-refractivity contribution in [1.29, 1.82) is 5.26 Å². The van der Waals surface area contributed by atoms with Crippen LogP contribution in [0.4, 0.5) is 5.69 Å². The first kappa shape index (κ1) is 13.3. The molecule has 0 heterocycles. The molecule has 0 aliphatic rings. The van der Waals surface area contributed by atoms with Crippen LogP contribution in [-0.4, -0.2) is 24.2 Å². The van der Waals surface area contributed by atoms with Crippen LogP contribution in [0.25, 0.3) is 0 Å². The molecule has 0 saturated carbocycles. The number of aliphatic carboxylic acids is 1. The second-order valence-electron chi connectivity index (χ2n) is 3.59. The molecule has 0 fully saturated rings. The number of carboxylic acid groups (broad SMARTS) is 1. The summed E-state index contributed by atoms with van der Waals surface area (Å²) in [6.07, 6.45) is 0.796. The van der Waals surface area contributed by atoms with Crippen molar-refractivity contribution in [2.75, 3.05) is 18.0 Å². The van der Waals surface area contributed by atoms with Gasteiger partial charge in [-0.2, -0.15) is 5.26 Å². The van der Waals surface area contributed by atoms with Gasteiger partial charge in [0.05, 0.1) is 11.3 Å². The Hall–Kier alpha value is -1.73. The monoisotopic (exact) mass is 252 g/mol. The van der Waals surface area contributed by atoms with E-state index in [1.807, 2.05) is 13.0 Å². The highest BCUT2D eigenvalue weighted by Gasteiger charge is 2.14. The van der Waals surface area contributed by atoms with Gasteiger partial charge in [-0.05, 0) is 24.6 Å². The minimum atomic E-state index is -0.928. The molecule has 0 aliphatic heterocycles. The SMILES string of the molecule is CCCN(CC(=O)O)c1cc(Cl)ccc1C#N. The fourth-order valence-electron chi connectivity index (χ4n) is 1.58. The van der Waals surface area contributed by atoms with E-state index in [9.17, 15) is 4.79 Å². The summed E-state index contributed by atoms with van der Waals surface area (Å²) < 4.78 is 0. The maximum absolute atomic E-state index is 10.8. The van der Waals surface area contributed by atoms with Gasteiger partial charge in [-0.1, -0.05) is 18.5 Å². The van der Waals surface area contributed by atoms with Gasteiger partial charge in [-0.25, -0.2) is 0 Å². The molecule has 0 bridgehead atoms. The van der Waals surface area contributed by atoms with Crippen molar-refractivity contribution in [1.82, 2.24) is 0 Å². The first-order valence-electron chi connectivity index (χ1n) is 5.25. The minimum Gasteiger partial charge on any atom is -0.480 e. The van der Waals surface area contributed by atoms with E-state index in [-0.39, 0.29) is 6.54 Å². The van der Waals surface area contributed by atoms with Crippen LogP contribution in [-0.2, 0) is 4.79 Å². The van der Waals surface area contributed by atoms with Gasteiger partial charge < -0.3 is 10.0 Å². The number of nitrogens with zero attached hydrogens (tertiary/aromatic N) is 2. The highest BCUT2D eigenvalue weighted by molar-refractivity contribution is 6.30. The Bertz CT molecular complexity index is 454. The van der Waals surface area contributed by atoms with E-state index in [2.05, 4.69) is 0 Å². The zero-order valence-electron chi connectivity index (χ0n) is 9.48. The van der Waals surface area contributed by atoms with E-state index >= 15 is 0 Å². The summed E-state index contributed by atoms with van der Waals surface area (Å²) in [6.45, 7) is 2.38. The number of nitriles is 1. The zero-order chi connectivity index (χ0) is 12.8. The van der Waals surface area contributed by atoms with Gasteiger partial charge in [0.1, 0.15) is 12.6 Å². The molecule has 0 unspecified atom stereocenters. The Labute approximate surface area is 105 Å². The number of hydrogen-bond acceptors (Lipinski definition) is 3. The molecule has 1 N–H and O–H groups in total. The third-order valence-electron chi connectivity index (χ3n) is 2.24. The second-order valence-corrected chi connectivity index (χ2v) is 4.03. The van der Waals surface area contributed by atoms with E-state index in [4.69, 9.17) is 22.0 Å². The topological polar surface area (TPSA) is 64.3 Å². The normalized spacial score (nSPS) is 9.71. The summed E-state index contributed by atoms with van der Waals surface area (Å²) in [6, 6.07) is 6.88. The van der Waals surface area contributed by atoms with E-state index in [1.54, 1.807) is 23.1 Å². The number of anilines is 1. The van der Waals surface area contributed by atoms with Crippen LogP contribution in [0.1, 0.15) is 18.9 Å². The number of halogens is 1. The number of rotatable bonds is 5. The summed E-state index contributed by atoms with van der Waals surface area (Å²) in [5.41, 5.74) is 1.01. The summed E-state index contributed by atoms with van der Waals surface area (Å²) in [5.74, 6) is -0.928. The molecule has 0 saturated heterocycles. The summed E-state index contributed by atoms with van der Waals surface area (Å²) in [4.78, 5) is 12.4. The molecule has 17 heavy (non-hydrogen) atoms. The van der Waals surface area contributed by atoms with Crippen LogP contribution in [0.2, 0.25) is 5.02 Å². The van der Waals surface area contributed by atoms with Crippen LogP contribution in [0.15, 0.2) is 18.2 Å². The predicted octanol–water partition coefficient (Wildman–Crippen LogP) is 2.51. The van der Waals surface area contributed by atoms with Crippen molar-refractivity contribution in [3.63, 3.8) is 0 Å². The summed E-state index contributed by atoms with van der Waals surface area (Å²) >= 11 is 5.87. The molecule has 0 aliphatic carbocycles. The van der Waals surface area contributed by atoms with Crippen molar-refractivity contribution in [2.24, 2.45) is 0 Å². The largest absolute Gasteiger partial charge is 0.480 e. The molecule has 0 amide bonds. The van der Waals surface area contributed by atoms with Crippen molar-refractivity contribution < 1.29 is 9.90 Å². The Morgan fingerprint density at radius 2 is 2.29 bits per heavy atom. The van der Waals surface area contributed by atoms with Crippen LogP contribution in [0.5, 0.6) is 0 Å². The summed E-state index contributed by atoms with van der Waals surface area (Å²) in [5, 5.41) is 18.3. The standard InChI is InChI=1S/C12H13ClN2O2/c1-2-5-15(8-12(16)17)11-6-10(13)4-3-9(11)7-14/h3-4,6H,2,5,8H2,1H3,(H,16,17). The van der Waals surface area contributed by atoms with Crippen molar-refractivity contribution in [3.05, 3.63) is 28.8 Å². The first-order valence-corrected chi connectivity index (χ1v) is 5.62. The van der Waals surface area contributed by atoms with Gasteiger partial charge in [0.2, 0.25) is 0 Å². The third-order valence-corrected chi connectivity index (χ3v) is 2.48. The van der Waals surface area contributed by atoms with Gasteiger partial charge in [0.25, 0.3) is 0 Å². The highest BCUT2D eigenvalue weighted by Crippen LogP contribution is 2.24. The van der Waals surface area contributed by atoms with E-state index in [1.165, 1.54) is 0 Å². The van der Waals surface area contributed by atoms with Crippen LogP contribution < -0.4 is 4.90 Å². The minimum absolute atomic E-state index is 0.136. The average Bonchev–Trinajstić information content (AvgIpc) is 2.28. The van der Waals surface area contributed by atoms with Crippen molar-refractivity contribution in [3.8, 4) is 6.07 Å². The van der Waals surface area contributed by atoms with Crippen molar-refractivity contribution >= 4 is 23.3 Å². The van der Waals surface area contributed by atoms with Crippen LogP contribution in [0, 0.1) is 11.3 Å². The molecular formula is C12H13ClN2O2. The zero-order valence-corrected chi connectivity index (χ0v) is 10.2. The number of carbonyl (C=O) groups is 1. The molecule has 1 aromatic rings. The number of carboxylic acids is 1. The lowest BCUT2D eigenvalue weighted by Crippen LogP contribution is -2.31. The Balaban J connectivity index is 3.12. The van der Waals surface area contributed by atoms with E-state index in [0.717, 1.165) is 6.42 Å². The fourth-order valence-corrected chi connectivity index (χ4v) is 1.75. The maximum atomic E-state index is 10.8. The molecule has 0 radical (unpaired) electrons. The molecule has 0 aromatic heterocycles. The Morgan fingerprint density at radius 1 is 1.59 bits per heavy atom. The average molecular weight is 253 g/mol. The van der Waals surface area contributed by atoms with Gasteiger partial charge in [-0.15, -0.1) is 0 Å². The first-order chi connectivity index (χ1) is 8.08. The van der Waals surface area contributed by atoms with Gasteiger partial charge in [0.15, 0.2) is 0 Å². The molecule has 1 rings (SSSR count). The van der Waals surface area contributed by atoms with Crippen LogP contribution >= 0.6 is 11.6 Å². The molecule has 0 spiro atoms. The second kappa shape index (κ2) is 6.12. The molecule has 5 heteroatoms. The van der Waals surface area contributed by atoms with Crippen LogP contribution in [0.3, 0.4) is 0 Å². The quantitative estimate of drug-likeness (QED) is 0.875. The molecule has 90 valence electrons. The van der Waals surface area contributed by atoms with Gasteiger partial charge in [0, 0.05) is 11.6 Å². The lowest BCUT2D eigenvalue weighted by Gasteiger charge is -2.23. The van der Waals surface area contributed by atoms with E-state index < -0.39 is 5.97 Å². The number of benzene rings is 1. The smallest absolute Gasteiger partial charge is 0.323 e. The third kappa shape index (κ3) is 3.65. The lowest BCUT2D eigenvalue weighted by atomic mass is 10.1. The van der Waals surface area contributed by atoms with E-state index in [0.29, 0.717) is 22.8 Å². The molecule has 1 aromatic carbocycles. The Morgan fingerprint density at radius 3 is 2.82 bits per heavy atom. The maximum Gasteiger partial charge on any atom is 0.323 e. The Kier molecular flexibility index (Phi) is 4.80.